The molecule has 124 valence electrons. The summed E-state index contributed by atoms with van der Waals surface area (Å²) in [6, 6.07) is 7.95. The van der Waals surface area contributed by atoms with E-state index in [0.29, 0.717) is 5.56 Å². The van der Waals surface area contributed by atoms with Crippen molar-refractivity contribution in [2.75, 3.05) is 0 Å². The monoisotopic (exact) mass is 334 g/mol. The van der Waals surface area contributed by atoms with Gasteiger partial charge in [-0.25, -0.2) is 0 Å². The number of benzene rings is 1. The Morgan fingerprint density at radius 3 is 2.42 bits per heavy atom. The molecular weight excluding hydrogens is 321 g/mol. The molecule has 1 aromatic carbocycles. The lowest BCUT2D eigenvalue weighted by atomic mass is 10.00. The van der Waals surface area contributed by atoms with Gasteiger partial charge in [0.15, 0.2) is 5.96 Å². The van der Waals surface area contributed by atoms with E-state index in [0.717, 1.165) is 12.1 Å². The van der Waals surface area contributed by atoms with Crippen molar-refractivity contribution in [3.63, 3.8) is 0 Å². The number of hydrogen-bond acceptors (Lipinski definition) is 2. The summed E-state index contributed by atoms with van der Waals surface area (Å²) < 4.78 is 39.4. The van der Waals surface area contributed by atoms with Crippen molar-refractivity contribution in [1.29, 1.82) is 0 Å². The van der Waals surface area contributed by atoms with Crippen LogP contribution in [-0.4, -0.2) is 16.9 Å². The standard InChI is InChI=1S/C16H13F3N4O/c17-16(18,19)13-6-2-1-4-10(13)8-12(14(24)23-15(20)21)11-5-3-7-22-9-11/h1-9H,(H4,20,21,23,24)/b12-8+. The summed E-state index contributed by atoms with van der Waals surface area (Å²) in [6.07, 6.45) is -0.668. The number of guanidine groups is 1. The van der Waals surface area contributed by atoms with Gasteiger partial charge in [-0.3, -0.25) is 9.78 Å². The Morgan fingerprint density at radius 1 is 1.12 bits per heavy atom. The normalized spacial score (nSPS) is 11.9. The van der Waals surface area contributed by atoms with Gasteiger partial charge in [0.2, 0.25) is 0 Å². The zero-order valence-electron chi connectivity index (χ0n) is 12.3. The molecule has 1 heterocycles. The fourth-order valence-electron chi connectivity index (χ4n) is 2.00. The molecule has 1 amide bonds. The van der Waals surface area contributed by atoms with E-state index in [1.54, 1.807) is 6.07 Å². The highest BCUT2D eigenvalue weighted by Gasteiger charge is 2.32. The molecule has 0 bridgehead atoms. The SMILES string of the molecule is NC(N)=NC(=O)/C(=C/c1ccccc1C(F)(F)F)c1cccnc1. The number of pyridine rings is 1. The average molecular weight is 334 g/mol. The number of halogens is 3. The number of nitrogens with two attached hydrogens (primary N) is 2. The van der Waals surface area contributed by atoms with Crippen molar-refractivity contribution in [3.8, 4) is 0 Å². The van der Waals surface area contributed by atoms with Crippen LogP contribution in [-0.2, 0) is 11.0 Å². The number of rotatable bonds is 3. The zero-order valence-corrected chi connectivity index (χ0v) is 12.3. The summed E-state index contributed by atoms with van der Waals surface area (Å²) in [5, 5.41) is 0. The molecule has 5 nitrogen and oxygen atoms in total. The second kappa shape index (κ2) is 6.95. The lowest BCUT2D eigenvalue weighted by Gasteiger charge is -2.11. The molecule has 8 heteroatoms. The maximum atomic E-state index is 13.1. The van der Waals surface area contributed by atoms with Crippen LogP contribution >= 0.6 is 0 Å². The van der Waals surface area contributed by atoms with Gasteiger partial charge >= 0.3 is 6.18 Å². The topological polar surface area (TPSA) is 94.4 Å². The van der Waals surface area contributed by atoms with Crippen molar-refractivity contribution in [2.45, 2.75) is 6.18 Å². The molecule has 2 rings (SSSR count). The van der Waals surface area contributed by atoms with Gasteiger partial charge in [-0.2, -0.15) is 18.2 Å². The van der Waals surface area contributed by atoms with Gasteiger partial charge in [0.05, 0.1) is 11.1 Å². The molecule has 0 saturated carbocycles. The summed E-state index contributed by atoms with van der Waals surface area (Å²) in [6.45, 7) is 0. The van der Waals surface area contributed by atoms with E-state index in [9.17, 15) is 18.0 Å². The van der Waals surface area contributed by atoms with Crippen molar-refractivity contribution < 1.29 is 18.0 Å². The third-order valence-corrected chi connectivity index (χ3v) is 3.00. The number of amides is 1. The first-order chi connectivity index (χ1) is 11.3. The minimum atomic E-state index is -4.56. The molecule has 0 aliphatic carbocycles. The van der Waals surface area contributed by atoms with E-state index >= 15 is 0 Å². The van der Waals surface area contributed by atoms with Gasteiger partial charge in [-0.15, -0.1) is 0 Å². The molecular formula is C16H13F3N4O. The van der Waals surface area contributed by atoms with E-state index in [4.69, 9.17) is 11.5 Å². The molecule has 0 aliphatic rings. The second-order valence-electron chi connectivity index (χ2n) is 4.73. The third-order valence-electron chi connectivity index (χ3n) is 3.00. The minimum absolute atomic E-state index is 0.104. The van der Waals surface area contributed by atoms with E-state index in [-0.39, 0.29) is 11.1 Å². The number of carbonyl (C=O) groups is 1. The van der Waals surface area contributed by atoms with Crippen LogP contribution in [0.1, 0.15) is 16.7 Å². The van der Waals surface area contributed by atoms with Crippen molar-refractivity contribution in [2.24, 2.45) is 16.5 Å². The predicted molar refractivity (Wildman–Crippen MR) is 84.4 cm³/mol. The second-order valence-corrected chi connectivity index (χ2v) is 4.73. The quantitative estimate of drug-likeness (QED) is 0.512. The van der Waals surface area contributed by atoms with E-state index < -0.39 is 23.6 Å². The van der Waals surface area contributed by atoms with E-state index in [2.05, 4.69) is 9.98 Å². The lowest BCUT2D eigenvalue weighted by molar-refractivity contribution is -0.137. The van der Waals surface area contributed by atoms with Crippen LogP contribution in [0.2, 0.25) is 0 Å². The Balaban J connectivity index is 2.63. The van der Waals surface area contributed by atoms with Gasteiger partial charge < -0.3 is 11.5 Å². The predicted octanol–water partition coefficient (Wildman–Crippen LogP) is 2.44. The van der Waals surface area contributed by atoms with Gasteiger partial charge in [-0.05, 0) is 23.8 Å². The Bertz CT molecular complexity index is 794. The lowest BCUT2D eigenvalue weighted by Crippen LogP contribution is -2.24. The number of aliphatic imine (C=N–C) groups is 1. The number of hydrogen-bond donors (Lipinski definition) is 2. The zero-order chi connectivity index (χ0) is 17.7. The summed E-state index contributed by atoms with van der Waals surface area (Å²) in [4.78, 5) is 19.4. The molecule has 0 spiro atoms. The van der Waals surface area contributed by atoms with Crippen molar-refractivity contribution in [3.05, 3.63) is 65.5 Å². The molecule has 0 unspecified atom stereocenters. The van der Waals surface area contributed by atoms with E-state index in [1.807, 2.05) is 0 Å². The van der Waals surface area contributed by atoms with Gasteiger partial charge in [0.25, 0.3) is 5.91 Å². The summed E-state index contributed by atoms with van der Waals surface area (Å²) >= 11 is 0. The van der Waals surface area contributed by atoms with E-state index in [1.165, 1.54) is 36.7 Å². The molecule has 0 radical (unpaired) electrons. The van der Waals surface area contributed by atoms with Crippen LogP contribution in [0.4, 0.5) is 13.2 Å². The Kier molecular flexibility index (Phi) is 4.98. The number of aromatic nitrogens is 1. The number of alkyl halides is 3. The largest absolute Gasteiger partial charge is 0.416 e. The van der Waals surface area contributed by atoms with Crippen LogP contribution in [0, 0.1) is 0 Å². The third kappa shape index (κ3) is 4.19. The number of carbonyl (C=O) groups excluding carboxylic acids is 1. The fourth-order valence-corrected chi connectivity index (χ4v) is 2.00. The van der Waals surface area contributed by atoms with Gasteiger partial charge in [0.1, 0.15) is 0 Å². The molecule has 0 atom stereocenters. The first-order valence-electron chi connectivity index (χ1n) is 6.71. The maximum absolute atomic E-state index is 13.1. The van der Waals surface area contributed by atoms with Crippen LogP contribution in [0.5, 0.6) is 0 Å². The highest BCUT2D eigenvalue weighted by atomic mass is 19.4. The molecule has 0 saturated heterocycles. The summed E-state index contributed by atoms with van der Waals surface area (Å²) in [5.74, 6) is -1.35. The van der Waals surface area contributed by atoms with Gasteiger partial charge in [0, 0.05) is 18.0 Å². The highest BCUT2D eigenvalue weighted by Crippen LogP contribution is 2.33. The molecule has 2 aromatic rings. The van der Waals surface area contributed by atoms with Crippen LogP contribution in [0.25, 0.3) is 11.6 Å². The number of nitrogens with zero attached hydrogens (tertiary/aromatic N) is 2. The molecule has 0 aliphatic heterocycles. The molecule has 24 heavy (non-hydrogen) atoms. The maximum Gasteiger partial charge on any atom is 0.416 e. The minimum Gasteiger partial charge on any atom is -0.370 e. The van der Waals surface area contributed by atoms with Crippen LogP contribution < -0.4 is 11.5 Å². The average Bonchev–Trinajstić information content (AvgIpc) is 2.52. The van der Waals surface area contributed by atoms with Crippen LogP contribution in [0.15, 0.2) is 53.8 Å². The summed E-state index contributed by atoms with van der Waals surface area (Å²) in [5.41, 5.74) is 9.51. The van der Waals surface area contributed by atoms with Crippen molar-refractivity contribution in [1.82, 2.24) is 4.98 Å². The Hall–Kier alpha value is -3.16. The Morgan fingerprint density at radius 2 is 1.83 bits per heavy atom. The molecule has 4 N–H and O–H groups in total. The highest BCUT2D eigenvalue weighted by molar-refractivity contribution is 6.26. The first-order valence-corrected chi connectivity index (χ1v) is 6.71. The van der Waals surface area contributed by atoms with Gasteiger partial charge in [-0.1, -0.05) is 24.3 Å². The Labute approximate surface area is 135 Å². The summed E-state index contributed by atoms with van der Waals surface area (Å²) in [7, 11) is 0. The smallest absolute Gasteiger partial charge is 0.370 e. The van der Waals surface area contributed by atoms with Crippen LogP contribution in [0.3, 0.4) is 0 Å². The molecule has 1 aromatic heterocycles. The van der Waals surface area contributed by atoms with Crippen molar-refractivity contribution >= 4 is 23.5 Å². The fraction of sp³-hybridized carbons (Fsp3) is 0.0625. The molecule has 0 fully saturated rings. The first kappa shape index (κ1) is 17.2.